The summed E-state index contributed by atoms with van der Waals surface area (Å²) in [6.45, 7) is 14.3. The number of hydrogen-bond acceptors (Lipinski definition) is 4. The van der Waals surface area contributed by atoms with E-state index >= 15 is 0 Å². The fourth-order valence-electron chi connectivity index (χ4n) is 2.08. The van der Waals surface area contributed by atoms with Gasteiger partial charge in [-0.2, -0.15) is 0 Å². The number of carbonyl (C=O) groups is 2. The Morgan fingerprint density at radius 1 is 0.950 bits per heavy atom. The van der Waals surface area contributed by atoms with E-state index in [0.717, 1.165) is 0 Å². The first kappa shape index (κ1) is 18.8. The van der Waals surface area contributed by atoms with Crippen LogP contribution >= 0.6 is 0 Å². The van der Waals surface area contributed by atoms with E-state index in [9.17, 15) is 9.59 Å². The number of amides is 2. The molecule has 0 bridgehead atoms. The smallest absolute Gasteiger partial charge is 0.452 e. The first-order valence-electron chi connectivity index (χ1n) is 6.77. The van der Waals surface area contributed by atoms with Crippen LogP contribution in [0, 0.1) is 0 Å². The van der Waals surface area contributed by atoms with E-state index in [1.54, 1.807) is 0 Å². The highest BCUT2D eigenvalue weighted by Gasteiger charge is 2.41. The minimum Gasteiger partial charge on any atom is -0.503 e. The maximum absolute atomic E-state index is 11.7. The highest BCUT2D eigenvalue weighted by Crippen LogP contribution is 2.42. The van der Waals surface area contributed by atoms with Crippen molar-refractivity contribution >= 4 is 21.2 Å². The molecule has 0 radical (unpaired) electrons. The highest BCUT2D eigenvalue weighted by molar-refractivity contribution is 6.60. The van der Waals surface area contributed by atoms with Gasteiger partial charge in [0.1, 0.15) is 0 Å². The molecular formula is C13H26N2O4Si. The van der Waals surface area contributed by atoms with Crippen LogP contribution in [0.4, 0.5) is 9.59 Å². The molecule has 0 aliphatic carbocycles. The maximum atomic E-state index is 11.7. The van der Waals surface area contributed by atoms with Crippen molar-refractivity contribution < 1.29 is 18.8 Å². The second-order valence-corrected chi connectivity index (χ2v) is 11.3. The van der Waals surface area contributed by atoms with Crippen molar-refractivity contribution in [1.82, 2.24) is 0 Å². The Morgan fingerprint density at radius 2 is 1.40 bits per heavy atom. The number of nitrogens with zero attached hydrogens (tertiary/aromatic N) is 2. The molecule has 0 rings (SSSR count). The normalized spacial score (nSPS) is 12.8. The molecule has 0 fully saturated rings. The number of carbonyl (C=O) groups excluding carboxylic acids is 2. The van der Waals surface area contributed by atoms with Gasteiger partial charge in [0.25, 0.3) is 9.04 Å². The summed E-state index contributed by atoms with van der Waals surface area (Å²) in [5.74, 6) is 0. The van der Waals surface area contributed by atoms with Crippen LogP contribution in [0.15, 0.2) is 10.2 Å². The first-order chi connectivity index (χ1) is 8.98. The second-order valence-electron chi connectivity index (χ2n) is 6.81. The van der Waals surface area contributed by atoms with Crippen molar-refractivity contribution in [2.45, 2.75) is 65.0 Å². The molecule has 0 saturated carbocycles. The number of hydrogen-bond donors (Lipinski definition) is 0. The van der Waals surface area contributed by atoms with Gasteiger partial charge in [-0.25, -0.2) is 9.59 Å². The van der Waals surface area contributed by atoms with Crippen molar-refractivity contribution in [3.63, 3.8) is 0 Å². The molecule has 0 aliphatic heterocycles. The van der Waals surface area contributed by atoms with Crippen LogP contribution in [-0.2, 0) is 9.16 Å². The zero-order valence-corrected chi connectivity index (χ0v) is 14.7. The average molecular weight is 302 g/mol. The van der Waals surface area contributed by atoms with Crippen LogP contribution in [0.3, 0.4) is 0 Å². The molecule has 6 nitrogen and oxygen atoms in total. The number of ether oxygens (including phenoxy) is 1. The summed E-state index contributed by atoms with van der Waals surface area (Å²) in [6.07, 6.45) is -0.997. The van der Waals surface area contributed by atoms with E-state index < -0.39 is 21.2 Å². The van der Waals surface area contributed by atoms with E-state index in [1.807, 2.05) is 48.5 Å². The van der Waals surface area contributed by atoms with Crippen LogP contribution in [0.5, 0.6) is 0 Å². The Kier molecular flexibility index (Phi) is 7.05. The van der Waals surface area contributed by atoms with Gasteiger partial charge in [0.2, 0.25) is 0 Å². The van der Waals surface area contributed by atoms with Gasteiger partial charge in [-0.05, 0) is 16.5 Å². The Balaban J connectivity index is 4.64. The van der Waals surface area contributed by atoms with E-state index in [2.05, 4.69) is 15.0 Å². The van der Waals surface area contributed by atoms with Gasteiger partial charge in [0.05, 0.1) is 6.61 Å². The van der Waals surface area contributed by atoms with Crippen LogP contribution in [0.2, 0.25) is 10.1 Å². The lowest BCUT2D eigenvalue weighted by atomic mass is 10.2. The average Bonchev–Trinajstić information content (AvgIpc) is 2.27. The van der Waals surface area contributed by atoms with Crippen molar-refractivity contribution in [2.24, 2.45) is 10.2 Å². The van der Waals surface area contributed by atoms with Crippen molar-refractivity contribution in [2.75, 3.05) is 6.61 Å². The largest absolute Gasteiger partial charge is 0.503 e. The van der Waals surface area contributed by atoms with Crippen LogP contribution in [0.1, 0.15) is 54.9 Å². The van der Waals surface area contributed by atoms with E-state index in [1.165, 1.54) is 0 Å². The van der Waals surface area contributed by atoms with E-state index in [4.69, 9.17) is 4.43 Å². The minimum absolute atomic E-state index is 0.105. The molecule has 0 heterocycles. The summed E-state index contributed by atoms with van der Waals surface area (Å²) < 4.78 is 10.2. The lowest BCUT2D eigenvalue weighted by molar-refractivity contribution is 0.154. The third-order valence-electron chi connectivity index (χ3n) is 2.43. The van der Waals surface area contributed by atoms with Gasteiger partial charge in [-0.15, -0.1) is 0 Å². The summed E-state index contributed by atoms with van der Waals surface area (Å²) >= 11 is 0. The molecule has 0 unspecified atom stereocenters. The molecular weight excluding hydrogens is 276 g/mol. The third kappa shape index (κ3) is 7.37. The number of rotatable bonds is 3. The summed E-state index contributed by atoms with van der Waals surface area (Å²) in [4.78, 5) is 22.8. The molecule has 0 atom stereocenters. The summed E-state index contributed by atoms with van der Waals surface area (Å²) in [7, 11) is -1.91. The minimum atomic E-state index is -1.91. The lowest BCUT2D eigenvalue weighted by Gasteiger charge is -2.36. The SMILES string of the molecule is CCCOC(=O)N=NC(=O)O[SiH](C(C)(C)C)C(C)(C)C. The van der Waals surface area contributed by atoms with Crippen molar-refractivity contribution in [3.8, 4) is 0 Å². The predicted octanol–water partition coefficient (Wildman–Crippen LogP) is 4.45. The molecule has 0 aromatic heterocycles. The van der Waals surface area contributed by atoms with Crippen LogP contribution in [0.25, 0.3) is 0 Å². The molecule has 2 amide bonds. The summed E-state index contributed by atoms with van der Waals surface area (Å²) in [5.41, 5.74) is 0. The van der Waals surface area contributed by atoms with Crippen molar-refractivity contribution in [3.05, 3.63) is 0 Å². The molecule has 0 aliphatic rings. The molecule has 0 saturated heterocycles. The van der Waals surface area contributed by atoms with Gasteiger partial charge in [0, 0.05) is 0 Å². The zero-order valence-electron chi connectivity index (χ0n) is 13.5. The quantitative estimate of drug-likeness (QED) is 0.570. The lowest BCUT2D eigenvalue weighted by Crippen LogP contribution is -2.39. The Labute approximate surface area is 122 Å². The Hall–Kier alpha value is -1.24. The van der Waals surface area contributed by atoms with E-state index in [0.29, 0.717) is 6.42 Å². The van der Waals surface area contributed by atoms with Crippen LogP contribution in [-0.4, -0.2) is 27.8 Å². The Bertz CT molecular complexity index is 356. The van der Waals surface area contributed by atoms with Crippen molar-refractivity contribution in [1.29, 1.82) is 0 Å². The van der Waals surface area contributed by atoms with Gasteiger partial charge in [-0.3, -0.25) is 0 Å². The molecule has 0 N–H and O–H groups in total. The fraction of sp³-hybridized carbons (Fsp3) is 0.846. The Morgan fingerprint density at radius 3 is 1.80 bits per heavy atom. The zero-order chi connectivity index (χ0) is 16.0. The molecule has 0 aromatic carbocycles. The van der Waals surface area contributed by atoms with Crippen LogP contribution < -0.4 is 0 Å². The number of azo groups is 1. The second kappa shape index (κ2) is 7.52. The molecule has 116 valence electrons. The molecule has 7 heteroatoms. The van der Waals surface area contributed by atoms with Gasteiger partial charge in [-0.1, -0.05) is 58.7 Å². The molecule has 20 heavy (non-hydrogen) atoms. The molecule has 0 spiro atoms. The topological polar surface area (TPSA) is 77.3 Å². The standard InChI is InChI=1S/C13H26N2O4Si/c1-8-9-18-10(16)14-15-11(17)19-20(12(2,3)4)13(5,6)7/h20H,8-9H2,1-7H3. The monoisotopic (exact) mass is 302 g/mol. The third-order valence-corrected chi connectivity index (χ3v) is 6.02. The van der Waals surface area contributed by atoms with E-state index in [-0.39, 0.29) is 16.7 Å². The highest BCUT2D eigenvalue weighted by atomic mass is 28.3. The van der Waals surface area contributed by atoms with Gasteiger partial charge < -0.3 is 9.16 Å². The maximum Gasteiger partial charge on any atom is 0.452 e. The van der Waals surface area contributed by atoms with Gasteiger partial charge in [0.15, 0.2) is 0 Å². The van der Waals surface area contributed by atoms with Gasteiger partial charge >= 0.3 is 12.2 Å². The summed E-state index contributed by atoms with van der Waals surface area (Å²) in [6, 6.07) is 0. The summed E-state index contributed by atoms with van der Waals surface area (Å²) in [5, 5.41) is 6.25. The first-order valence-corrected chi connectivity index (χ1v) is 8.40. The predicted molar refractivity (Wildman–Crippen MR) is 79.6 cm³/mol. The fourth-order valence-corrected chi connectivity index (χ4v) is 5.63. The molecule has 0 aromatic rings.